The first-order chi connectivity index (χ1) is 6.13. The molecule has 1 amide bonds. The molecule has 0 rings (SSSR count). The largest absolute Gasteiger partial charge is 0.316 e. The van der Waals surface area contributed by atoms with Crippen LogP contribution in [0.2, 0.25) is 0 Å². The summed E-state index contributed by atoms with van der Waals surface area (Å²) in [5, 5.41) is 6.69. The zero-order valence-electron chi connectivity index (χ0n) is 9.13. The summed E-state index contributed by atoms with van der Waals surface area (Å²) < 4.78 is 0. The van der Waals surface area contributed by atoms with Crippen molar-refractivity contribution >= 4 is 5.91 Å². The molecule has 0 aromatic carbocycles. The summed E-state index contributed by atoms with van der Waals surface area (Å²) in [6, 6.07) is 0. The molecule has 0 saturated heterocycles. The zero-order valence-corrected chi connectivity index (χ0v) is 9.13. The Morgan fingerprint density at radius 3 is 2.31 bits per heavy atom. The second-order valence-electron chi connectivity index (χ2n) is 3.06. The molecular formula is C9H21N3O. The lowest BCUT2D eigenvalue weighted by molar-refractivity contribution is -0.144. The predicted molar refractivity (Wildman–Crippen MR) is 54.2 cm³/mol. The second kappa shape index (κ2) is 6.86. The van der Waals surface area contributed by atoms with E-state index in [1.54, 1.807) is 5.01 Å². The maximum Gasteiger partial charge on any atom is 0.238 e. The minimum Gasteiger partial charge on any atom is -0.316 e. The molecule has 0 unspecified atom stereocenters. The highest BCUT2D eigenvalue weighted by Gasteiger charge is 2.12. The summed E-state index contributed by atoms with van der Waals surface area (Å²) in [6.07, 6.45) is 0.569. The van der Waals surface area contributed by atoms with Gasteiger partial charge >= 0.3 is 0 Å². The highest BCUT2D eigenvalue weighted by Crippen LogP contribution is 1.95. The zero-order chi connectivity index (χ0) is 10.3. The molecular weight excluding hydrogens is 166 g/mol. The maximum atomic E-state index is 11.5. The fourth-order valence-corrected chi connectivity index (χ4v) is 1.18. The number of amides is 1. The first kappa shape index (κ1) is 12.4. The second-order valence-corrected chi connectivity index (χ2v) is 3.06. The van der Waals surface area contributed by atoms with Crippen LogP contribution in [0.15, 0.2) is 0 Å². The Labute approximate surface area is 80.9 Å². The third-order valence-corrected chi connectivity index (χ3v) is 1.84. The Morgan fingerprint density at radius 1 is 1.31 bits per heavy atom. The van der Waals surface area contributed by atoms with Gasteiger partial charge in [0.05, 0.1) is 0 Å². The number of hydrogen-bond acceptors (Lipinski definition) is 3. The van der Waals surface area contributed by atoms with Crippen molar-refractivity contribution in [3.8, 4) is 0 Å². The maximum absolute atomic E-state index is 11.5. The van der Waals surface area contributed by atoms with E-state index >= 15 is 0 Å². The van der Waals surface area contributed by atoms with Crippen molar-refractivity contribution in [3.63, 3.8) is 0 Å². The molecule has 0 fully saturated rings. The molecule has 4 nitrogen and oxygen atoms in total. The van der Waals surface area contributed by atoms with Gasteiger partial charge in [-0.1, -0.05) is 6.92 Å². The molecule has 78 valence electrons. The van der Waals surface area contributed by atoms with Crippen LogP contribution in [0.1, 0.15) is 20.3 Å². The van der Waals surface area contributed by atoms with Crippen LogP contribution >= 0.6 is 0 Å². The predicted octanol–water partition coefficient (Wildman–Crippen LogP) is 0.311. The molecule has 0 aromatic heterocycles. The highest BCUT2D eigenvalue weighted by molar-refractivity contribution is 5.75. The summed E-state index contributed by atoms with van der Waals surface area (Å²) in [5.74, 6) is 0.174. The summed E-state index contributed by atoms with van der Waals surface area (Å²) in [5.41, 5.74) is 0. The van der Waals surface area contributed by atoms with Gasteiger partial charge in [-0.2, -0.15) is 0 Å². The van der Waals surface area contributed by atoms with Crippen LogP contribution in [0.25, 0.3) is 0 Å². The lowest BCUT2D eigenvalue weighted by Gasteiger charge is -2.27. The molecule has 0 heterocycles. The van der Waals surface area contributed by atoms with E-state index < -0.39 is 0 Å². The van der Waals surface area contributed by atoms with E-state index in [4.69, 9.17) is 0 Å². The van der Waals surface area contributed by atoms with Crippen LogP contribution in [-0.4, -0.2) is 49.7 Å². The first-order valence-corrected chi connectivity index (χ1v) is 4.81. The first-order valence-electron chi connectivity index (χ1n) is 4.81. The Morgan fingerprint density at radius 2 is 1.92 bits per heavy atom. The van der Waals surface area contributed by atoms with Crippen LogP contribution in [-0.2, 0) is 4.79 Å². The third kappa shape index (κ3) is 4.85. The fourth-order valence-electron chi connectivity index (χ4n) is 1.18. The lowest BCUT2D eigenvalue weighted by Crippen LogP contribution is -2.42. The standard InChI is InChI=1S/C9H21N3O/c1-5-10-8-7-9(13)12(6-2)11(3)4/h10H,5-8H2,1-4H3. The number of hydrogen-bond donors (Lipinski definition) is 1. The van der Waals surface area contributed by atoms with Crippen LogP contribution in [0.4, 0.5) is 0 Å². The number of hydrazine groups is 1. The van der Waals surface area contributed by atoms with E-state index in [1.165, 1.54) is 0 Å². The Bertz CT molecular complexity index is 148. The van der Waals surface area contributed by atoms with Crippen molar-refractivity contribution in [2.24, 2.45) is 0 Å². The number of carbonyl (C=O) groups is 1. The summed E-state index contributed by atoms with van der Waals surface area (Å²) in [7, 11) is 3.77. The molecule has 0 aliphatic heterocycles. The van der Waals surface area contributed by atoms with Gasteiger partial charge < -0.3 is 5.32 Å². The molecule has 0 saturated carbocycles. The summed E-state index contributed by atoms with van der Waals surface area (Å²) in [6.45, 7) is 6.43. The smallest absolute Gasteiger partial charge is 0.238 e. The molecule has 0 aliphatic carbocycles. The average molecular weight is 187 g/mol. The van der Waals surface area contributed by atoms with Crippen molar-refractivity contribution < 1.29 is 4.79 Å². The molecule has 0 aromatic rings. The van der Waals surface area contributed by atoms with Crippen molar-refractivity contribution in [1.29, 1.82) is 0 Å². The van der Waals surface area contributed by atoms with Gasteiger partial charge in [0, 0.05) is 33.6 Å². The van der Waals surface area contributed by atoms with E-state index in [2.05, 4.69) is 5.32 Å². The Hall–Kier alpha value is -0.610. The van der Waals surface area contributed by atoms with Crippen LogP contribution in [0.3, 0.4) is 0 Å². The van der Waals surface area contributed by atoms with E-state index in [0.29, 0.717) is 6.42 Å². The number of nitrogens with zero attached hydrogens (tertiary/aromatic N) is 2. The lowest BCUT2D eigenvalue weighted by atomic mass is 10.4. The topological polar surface area (TPSA) is 35.6 Å². The van der Waals surface area contributed by atoms with E-state index in [-0.39, 0.29) is 5.91 Å². The highest BCUT2D eigenvalue weighted by atomic mass is 16.2. The van der Waals surface area contributed by atoms with E-state index in [9.17, 15) is 4.79 Å². The van der Waals surface area contributed by atoms with Crippen molar-refractivity contribution in [1.82, 2.24) is 15.3 Å². The SMILES string of the molecule is CCNCCC(=O)N(CC)N(C)C. The molecule has 0 aliphatic rings. The van der Waals surface area contributed by atoms with Gasteiger partial charge in [-0.15, -0.1) is 0 Å². The van der Waals surface area contributed by atoms with Crippen molar-refractivity contribution in [2.45, 2.75) is 20.3 Å². The monoisotopic (exact) mass is 187 g/mol. The van der Waals surface area contributed by atoms with Gasteiger partial charge in [0.2, 0.25) is 5.91 Å². The summed E-state index contributed by atoms with van der Waals surface area (Å²) in [4.78, 5) is 11.5. The molecule has 0 atom stereocenters. The third-order valence-electron chi connectivity index (χ3n) is 1.84. The van der Waals surface area contributed by atoms with Crippen LogP contribution < -0.4 is 5.32 Å². The molecule has 0 radical (unpaired) electrons. The normalized spacial score (nSPS) is 10.5. The van der Waals surface area contributed by atoms with Gasteiger partial charge in [0.25, 0.3) is 0 Å². The van der Waals surface area contributed by atoms with Crippen LogP contribution in [0, 0.1) is 0 Å². The van der Waals surface area contributed by atoms with Gasteiger partial charge in [-0.25, -0.2) is 5.01 Å². The van der Waals surface area contributed by atoms with E-state index in [1.807, 2.05) is 33.0 Å². The Kier molecular flexibility index (Phi) is 6.54. The van der Waals surface area contributed by atoms with Crippen molar-refractivity contribution in [3.05, 3.63) is 0 Å². The molecule has 0 bridgehead atoms. The quantitative estimate of drug-likeness (QED) is 0.480. The van der Waals surface area contributed by atoms with Gasteiger partial charge in [0.15, 0.2) is 0 Å². The van der Waals surface area contributed by atoms with Crippen molar-refractivity contribution in [2.75, 3.05) is 33.7 Å². The fraction of sp³-hybridized carbons (Fsp3) is 0.889. The molecule has 0 spiro atoms. The Balaban J connectivity index is 3.78. The number of carbonyl (C=O) groups excluding carboxylic acids is 1. The molecule has 13 heavy (non-hydrogen) atoms. The van der Waals surface area contributed by atoms with Gasteiger partial charge in [-0.05, 0) is 13.5 Å². The van der Waals surface area contributed by atoms with E-state index in [0.717, 1.165) is 19.6 Å². The minimum atomic E-state index is 0.174. The van der Waals surface area contributed by atoms with Gasteiger partial charge in [0.1, 0.15) is 0 Å². The minimum absolute atomic E-state index is 0.174. The molecule has 4 heteroatoms. The van der Waals surface area contributed by atoms with Crippen LogP contribution in [0.5, 0.6) is 0 Å². The number of rotatable bonds is 6. The van der Waals surface area contributed by atoms with Gasteiger partial charge in [-0.3, -0.25) is 9.80 Å². The molecule has 1 N–H and O–H groups in total. The summed E-state index contributed by atoms with van der Waals surface area (Å²) >= 11 is 0. The number of nitrogens with one attached hydrogen (secondary N) is 1. The average Bonchev–Trinajstić information content (AvgIpc) is 2.05.